The number of anilines is 2. The number of hydrogen-bond acceptors (Lipinski definition) is 6. The molecule has 4 aromatic carbocycles. The lowest BCUT2D eigenvalue weighted by atomic mass is 10.1. The Morgan fingerprint density at radius 1 is 0.548 bits per heavy atom. The number of rotatable bonds is 0. The average Bonchev–Trinajstić information content (AvgIpc) is 2.97. The molecular formula is C30H22Cl2N4O6. The molecule has 4 amide bonds. The number of ether oxygens (including phenoxy) is 2. The summed E-state index contributed by atoms with van der Waals surface area (Å²) in [5.74, 6) is -0.578. The Kier molecular flexibility index (Phi) is 8.56. The second kappa shape index (κ2) is 12.6. The maximum Gasteiger partial charge on any atom is 0.251 e. The molecule has 0 unspecified atom stereocenters. The molecule has 12 heteroatoms. The predicted octanol–water partition coefficient (Wildman–Crippen LogP) is 5.63. The van der Waals surface area contributed by atoms with Crippen LogP contribution in [0.4, 0.5) is 11.4 Å². The van der Waals surface area contributed by atoms with Crippen molar-refractivity contribution in [3.05, 3.63) is 106 Å². The van der Waals surface area contributed by atoms with E-state index in [9.17, 15) is 19.2 Å². The number of halogens is 2. The maximum atomic E-state index is 12.6. The van der Waals surface area contributed by atoms with Crippen molar-refractivity contribution in [3.63, 3.8) is 0 Å². The van der Waals surface area contributed by atoms with Crippen molar-refractivity contribution in [2.24, 2.45) is 0 Å². The molecule has 0 saturated carbocycles. The summed E-state index contributed by atoms with van der Waals surface area (Å²) >= 11 is 12.8. The first kappa shape index (κ1) is 28.5. The van der Waals surface area contributed by atoms with Gasteiger partial charge in [-0.3, -0.25) is 19.2 Å². The number of benzene rings is 4. The summed E-state index contributed by atoms with van der Waals surface area (Å²) in [6.45, 7) is -0.661. The van der Waals surface area contributed by atoms with Gasteiger partial charge in [-0.15, -0.1) is 0 Å². The molecule has 0 atom stereocenters. The standard InChI is InChI=1S/C30H22Cl2N4O6/c31-23-12-19-7-9-25(23)41-21-5-2-6-22(14-21)42-26-10-8-20(13-24(26)32)36-28(38)16-34-30(40)18-4-1-3-17(11-18)29(39)33-15-27(37)35-19/h1-14H,15-16H2,(H,33,39)(H,34,40)(H,35,37)(H,36,38). The van der Waals surface area contributed by atoms with Gasteiger partial charge in [-0.25, -0.2) is 0 Å². The molecule has 0 saturated heterocycles. The first-order chi connectivity index (χ1) is 20.2. The molecule has 3 heterocycles. The van der Waals surface area contributed by atoms with Gasteiger partial charge in [0.15, 0.2) is 0 Å². The van der Waals surface area contributed by atoms with E-state index in [1.807, 2.05) is 0 Å². The highest BCUT2D eigenvalue weighted by atomic mass is 35.5. The third-order valence-electron chi connectivity index (χ3n) is 5.90. The van der Waals surface area contributed by atoms with Gasteiger partial charge in [0.05, 0.1) is 23.1 Å². The number of hydrogen-bond donors (Lipinski definition) is 4. The van der Waals surface area contributed by atoms with Crippen molar-refractivity contribution < 1.29 is 28.7 Å². The molecule has 212 valence electrons. The van der Waals surface area contributed by atoms with Crippen molar-refractivity contribution >= 4 is 58.2 Å². The van der Waals surface area contributed by atoms with Crippen LogP contribution in [0.25, 0.3) is 0 Å². The smallest absolute Gasteiger partial charge is 0.251 e. The van der Waals surface area contributed by atoms with Crippen LogP contribution >= 0.6 is 23.2 Å². The maximum absolute atomic E-state index is 12.6. The fourth-order valence-corrected chi connectivity index (χ4v) is 4.35. The first-order valence-corrected chi connectivity index (χ1v) is 13.3. The highest BCUT2D eigenvalue weighted by Crippen LogP contribution is 2.36. The molecule has 0 spiro atoms. The molecule has 4 aromatic rings. The van der Waals surface area contributed by atoms with Gasteiger partial charge in [-0.05, 0) is 66.7 Å². The number of carbonyl (C=O) groups excluding carboxylic acids is 4. The lowest BCUT2D eigenvalue weighted by Crippen LogP contribution is -2.34. The first-order valence-electron chi connectivity index (χ1n) is 12.5. The van der Waals surface area contributed by atoms with Gasteiger partial charge in [0.25, 0.3) is 11.8 Å². The van der Waals surface area contributed by atoms with Gasteiger partial charge in [-0.2, -0.15) is 0 Å². The summed E-state index contributed by atoms with van der Waals surface area (Å²) in [6.07, 6.45) is 0. The Labute approximate surface area is 249 Å². The van der Waals surface area contributed by atoms with Crippen LogP contribution in [0.1, 0.15) is 20.7 Å². The van der Waals surface area contributed by atoms with Crippen LogP contribution in [-0.4, -0.2) is 36.7 Å². The Morgan fingerprint density at radius 2 is 1.00 bits per heavy atom. The van der Waals surface area contributed by atoms with E-state index in [4.69, 9.17) is 32.7 Å². The van der Waals surface area contributed by atoms with Gasteiger partial charge in [-0.1, -0.05) is 35.3 Å². The van der Waals surface area contributed by atoms with Crippen LogP contribution in [0.2, 0.25) is 10.0 Å². The Morgan fingerprint density at radius 3 is 1.45 bits per heavy atom. The second-order valence-electron chi connectivity index (χ2n) is 9.01. The van der Waals surface area contributed by atoms with Gasteiger partial charge in [0, 0.05) is 28.6 Å². The Hall–Kier alpha value is -5.06. The molecule has 3 aliphatic heterocycles. The van der Waals surface area contributed by atoms with Crippen molar-refractivity contribution in [2.75, 3.05) is 23.7 Å². The van der Waals surface area contributed by atoms with E-state index in [-0.39, 0.29) is 34.3 Å². The summed E-state index contributed by atoms with van der Waals surface area (Å²) < 4.78 is 11.8. The molecule has 10 nitrogen and oxygen atoms in total. The molecule has 4 N–H and O–H groups in total. The average molecular weight is 605 g/mol. The number of amides is 4. The van der Waals surface area contributed by atoms with Crippen LogP contribution in [-0.2, 0) is 9.59 Å². The van der Waals surface area contributed by atoms with Gasteiger partial charge < -0.3 is 30.7 Å². The molecular weight excluding hydrogens is 583 g/mol. The van der Waals surface area contributed by atoms with Crippen molar-refractivity contribution in [2.45, 2.75) is 0 Å². The minimum absolute atomic E-state index is 0.159. The third kappa shape index (κ3) is 7.17. The Bertz CT molecular complexity index is 1600. The molecule has 7 rings (SSSR count). The van der Waals surface area contributed by atoms with Crippen LogP contribution in [0.15, 0.2) is 84.9 Å². The van der Waals surface area contributed by atoms with E-state index < -0.39 is 23.6 Å². The van der Waals surface area contributed by atoms with Crippen LogP contribution in [0.5, 0.6) is 23.0 Å². The number of carbonyl (C=O) groups is 4. The van der Waals surface area contributed by atoms with Gasteiger partial charge in [0.1, 0.15) is 23.0 Å². The van der Waals surface area contributed by atoms with E-state index in [0.29, 0.717) is 34.4 Å². The summed E-state index contributed by atoms with van der Waals surface area (Å²) in [7, 11) is 0. The van der Waals surface area contributed by atoms with Gasteiger partial charge in [0.2, 0.25) is 11.8 Å². The Balaban J connectivity index is 1.41. The molecule has 0 aliphatic carbocycles. The number of fused-ring (bicyclic) bond motifs is 2. The molecule has 42 heavy (non-hydrogen) atoms. The zero-order valence-corrected chi connectivity index (χ0v) is 23.2. The number of nitrogens with one attached hydrogen (secondary N) is 4. The quantitative estimate of drug-likeness (QED) is 0.205. The zero-order chi connectivity index (χ0) is 29.6. The molecule has 0 fully saturated rings. The summed E-state index contributed by atoms with van der Waals surface area (Å²) in [5, 5.41) is 10.8. The largest absolute Gasteiger partial charge is 0.456 e. The van der Waals surface area contributed by atoms with Crippen LogP contribution in [0, 0.1) is 0 Å². The van der Waals surface area contributed by atoms with E-state index in [0.717, 1.165) is 0 Å². The van der Waals surface area contributed by atoms with E-state index >= 15 is 0 Å². The zero-order valence-electron chi connectivity index (χ0n) is 21.7. The fourth-order valence-electron chi connectivity index (χ4n) is 3.92. The van der Waals surface area contributed by atoms with E-state index in [1.54, 1.807) is 48.5 Å². The van der Waals surface area contributed by atoms with E-state index in [2.05, 4.69) is 21.3 Å². The molecule has 0 radical (unpaired) electrons. The highest BCUT2D eigenvalue weighted by Gasteiger charge is 2.15. The summed E-state index contributed by atoms with van der Waals surface area (Å²) in [6, 6.07) is 22.1. The molecule has 0 aromatic heterocycles. The van der Waals surface area contributed by atoms with Crippen molar-refractivity contribution in [1.82, 2.24) is 10.6 Å². The summed E-state index contributed by atoms with van der Waals surface area (Å²) in [5.41, 5.74) is 1.11. The topological polar surface area (TPSA) is 135 Å². The molecule has 3 aliphatic rings. The van der Waals surface area contributed by atoms with E-state index in [1.165, 1.54) is 36.4 Å². The lowest BCUT2D eigenvalue weighted by Gasteiger charge is -2.13. The van der Waals surface area contributed by atoms with Gasteiger partial charge >= 0.3 is 0 Å². The molecule has 8 bridgehead atoms. The SMILES string of the molecule is O=C1CNC(=O)c2cccc(c2)C(=O)NCC(=O)Nc2ccc(c(Cl)c2)Oc2cccc(c2)Oc2ccc(cc2Cl)N1. The van der Waals surface area contributed by atoms with Crippen molar-refractivity contribution in [3.8, 4) is 23.0 Å². The highest BCUT2D eigenvalue weighted by molar-refractivity contribution is 6.32. The lowest BCUT2D eigenvalue weighted by molar-refractivity contribution is -0.116. The second-order valence-corrected chi connectivity index (χ2v) is 9.83. The van der Waals surface area contributed by atoms with Crippen LogP contribution < -0.4 is 30.7 Å². The fraction of sp³-hybridized carbons (Fsp3) is 0.0667. The minimum atomic E-state index is -0.563. The minimum Gasteiger partial charge on any atom is -0.456 e. The normalized spacial score (nSPS) is 14.1. The summed E-state index contributed by atoms with van der Waals surface area (Å²) in [4.78, 5) is 50.2. The third-order valence-corrected chi connectivity index (χ3v) is 6.49. The monoisotopic (exact) mass is 604 g/mol. The predicted molar refractivity (Wildman–Crippen MR) is 158 cm³/mol. The van der Waals surface area contributed by atoms with Crippen LogP contribution in [0.3, 0.4) is 0 Å². The van der Waals surface area contributed by atoms with Crippen molar-refractivity contribution in [1.29, 1.82) is 0 Å².